The average molecular weight is 345 g/mol. The molecule has 4 rings (SSSR count). The van der Waals surface area contributed by atoms with Gasteiger partial charge in [0.15, 0.2) is 0 Å². The van der Waals surface area contributed by atoms with E-state index in [9.17, 15) is 4.79 Å². The maximum absolute atomic E-state index is 12.8. The predicted molar refractivity (Wildman–Crippen MR) is 98.3 cm³/mol. The summed E-state index contributed by atoms with van der Waals surface area (Å²) in [7, 11) is 1.98. The van der Waals surface area contributed by atoms with Gasteiger partial charge in [-0.25, -0.2) is 0 Å². The first kappa shape index (κ1) is 17.1. The largest absolute Gasteiger partial charge is 0.341 e. The van der Waals surface area contributed by atoms with Crippen LogP contribution in [0.25, 0.3) is 0 Å². The van der Waals surface area contributed by atoms with Crippen molar-refractivity contribution in [2.24, 2.45) is 18.9 Å². The molecule has 3 aliphatic rings. The van der Waals surface area contributed by atoms with Crippen molar-refractivity contribution < 1.29 is 4.79 Å². The number of aromatic nitrogens is 2. The smallest absolute Gasteiger partial charge is 0.236 e. The molecular weight excluding hydrogens is 312 g/mol. The van der Waals surface area contributed by atoms with Crippen molar-refractivity contribution in [3.05, 3.63) is 18.0 Å². The van der Waals surface area contributed by atoms with E-state index in [-0.39, 0.29) is 0 Å². The Hall–Kier alpha value is -1.36. The van der Waals surface area contributed by atoms with E-state index < -0.39 is 0 Å². The molecule has 1 aromatic heterocycles. The lowest BCUT2D eigenvalue weighted by molar-refractivity contribution is -0.135. The summed E-state index contributed by atoms with van der Waals surface area (Å²) in [6, 6.07) is 0. The van der Waals surface area contributed by atoms with Gasteiger partial charge >= 0.3 is 0 Å². The minimum Gasteiger partial charge on any atom is -0.341 e. The third-order valence-corrected chi connectivity index (χ3v) is 6.79. The summed E-state index contributed by atoms with van der Waals surface area (Å²) in [5, 5.41) is 4.30. The van der Waals surface area contributed by atoms with E-state index in [1.165, 1.54) is 37.7 Å². The standard InChI is InChI=1S/C20H32N4O/c1-22-13-19(12-21-22)17-6-9-23(10-7-17)15-20(25)24-11-8-16-4-2-3-5-18(16)14-24/h12-13,16-18H,2-11,14-15H2,1H3. The van der Waals surface area contributed by atoms with E-state index in [4.69, 9.17) is 0 Å². The summed E-state index contributed by atoms with van der Waals surface area (Å²) >= 11 is 0. The van der Waals surface area contributed by atoms with Gasteiger partial charge in [0, 0.05) is 26.3 Å². The quantitative estimate of drug-likeness (QED) is 0.846. The summed E-state index contributed by atoms with van der Waals surface area (Å²) < 4.78 is 1.89. The Labute approximate surface area is 151 Å². The molecule has 1 aliphatic carbocycles. The van der Waals surface area contributed by atoms with E-state index in [0.29, 0.717) is 18.4 Å². The van der Waals surface area contributed by atoms with Crippen molar-refractivity contribution in [2.45, 2.75) is 50.9 Å². The number of hydrogen-bond donors (Lipinski definition) is 0. The third kappa shape index (κ3) is 3.91. The fourth-order valence-corrected chi connectivity index (χ4v) is 5.19. The first-order chi connectivity index (χ1) is 12.2. The van der Waals surface area contributed by atoms with Gasteiger partial charge in [-0.1, -0.05) is 19.3 Å². The van der Waals surface area contributed by atoms with Crippen LogP contribution in [0.3, 0.4) is 0 Å². The zero-order valence-electron chi connectivity index (χ0n) is 15.6. The Kier molecular flexibility index (Phi) is 5.11. The Balaban J connectivity index is 1.25. The fraction of sp³-hybridized carbons (Fsp3) is 0.800. The van der Waals surface area contributed by atoms with Crippen LogP contribution in [0.2, 0.25) is 0 Å². The maximum atomic E-state index is 12.8. The molecule has 2 atom stereocenters. The van der Waals surface area contributed by atoms with Crippen molar-refractivity contribution in [1.82, 2.24) is 19.6 Å². The molecule has 0 spiro atoms. The van der Waals surface area contributed by atoms with Gasteiger partial charge in [0.1, 0.15) is 0 Å². The summed E-state index contributed by atoms with van der Waals surface area (Å²) in [6.07, 6.45) is 13.2. The number of fused-ring (bicyclic) bond motifs is 1. The van der Waals surface area contributed by atoms with Crippen LogP contribution in [-0.4, -0.2) is 58.2 Å². The molecule has 2 unspecified atom stereocenters. The maximum Gasteiger partial charge on any atom is 0.236 e. The summed E-state index contributed by atoms with van der Waals surface area (Å²) in [5.41, 5.74) is 1.35. The monoisotopic (exact) mass is 344 g/mol. The van der Waals surface area contributed by atoms with Gasteiger partial charge < -0.3 is 4.90 Å². The minimum atomic E-state index is 0.365. The van der Waals surface area contributed by atoms with Gasteiger partial charge in [0.05, 0.1) is 12.7 Å². The van der Waals surface area contributed by atoms with Gasteiger partial charge in [0.25, 0.3) is 0 Å². The molecule has 0 aromatic carbocycles. The van der Waals surface area contributed by atoms with Crippen molar-refractivity contribution in [2.75, 3.05) is 32.7 Å². The molecule has 3 fully saturated rings. The number of aryl methyl sites for hydroxylation is 1. The van der Waals surface area contributed by atoms with E-state index in [0.717, 1.165) is 50.9 Å². The molecular formula is C20H32N4O. The van der Waals surface area contributed by atoms with E-state index >= 15 is 0 Å². The predicted octanol–water partition coefficient (Wildman–Crippen LogP) is 2.64. The Morgan fingerprint density at radius 3 is 2.56 bits per heavy atom. The molecule has 5 nitrogen and oxygen atoms in total. The van der Waals surface area contributed by atoms with Crippen LogP contribution in [0.4, 0.5) is 0 Å². The van der Waals surface area contributed by atoms with Crippen LogP contribution in [0.1, 0.15) is 56.4 Å². The molecule has 3 heterocycles. The zero-order chi connectivity index (χ0) is 17.2. The Bertz CT molecular complexity index is 590. The highest BCUT2D eigenvalue weighted by Crippen LogP contribution is 2.36. The molecule has 5 heteroatoms. The Morgan fingerprint density at radius 2 is 1.84 bits per heavy atom. The number of hydrogen-bond acceptors (Lipinski definition) is 3. The molecule has 2 saturated heterocycles. The number of rotatable bonds is 3. The second-order valence-electron chi connectivity index (χ2n) is 8.43. The lowest BCUT2D eigenvalue weighted by Gasteiger charge is -2.42. The van der Waals surface area contributed by atoms with Gasteiger partial charge in [-0.15, -0.1) is 0 Å². The fourth-order valence-electron chi connectivity index (χ4n) is 5.19. The lowest BCUT2D eigenvalue weighted by Crippen LogP contribution is -2.49. The molecule has 1 aromatic rings. The molecule has 1 saturated carbocycles. The third-order valence-electron chi connectivity index (χ3n) is 6.79. The number of carbonyl (C=O) groups excluding carboxylic acids is 1. The number of amides is 1. The minimum absolute atomic E-state index is 0.365. The molecule has 1 amide bonds. The molecule has 2 aliphatic heterocycles. The number of piperidine rings is 2. The number of carbonyl (C=O) groups is 1. The van der Waals surface area contributed by atoms with Crippen molar-refractivity contribution in [3.63, 3.8) is 0 Å². The first-order valence-electron chi connectivity index (χ1n) is 10.2. The summed E-state index contributed by atoms with van der Waals surface area (Å²) in [4.78, 5) is 17.3. The highest BCUT2D eigenvalue weighted by Gasteiger charge is 2.33. The van der Waals surface area contributed by atoms with E-state index in [1.54, 1.807) is 0 Å². The highest BCUT2D eigenvalue weighted by atomic mass is 16.2. The van der Waals surface area contributed by atoms with Crippen LogP contribution in [-0.2, 0) is 11.8 Å². The molecule has 0 N–H and O–H groups in total. The first-order valence-corrected chi connectivity index (χ1v) is 10.2. The second-order valence-corrected chi connectivity index (χ2v) is 8.43. The van der Waals surface area contributed by atoms with Crippen LogP contribution >= 0.6 is 0 Å². The van der Waals surface area contributed by atoms with Crippen LogP contribution in [0.5, 0.6) is 0 Å². The molecule has 25 heavy (non-hydrogen) atoms. The van der Waals surface area contributed by atoms with Gasteiger partial charge in [-0.3, -0.25) is 14.4 Å². The van der Waals surface area contributed by atoms with Crippen LogP contribution in [0, 0.1) is 11.8 Å². The van der Waals surface area contributed by atoms with E-state index in [1.807, 2.05) is 17.9 Å². The summed E-state index contributed by atoms with van der Waals surface area (Å²) in [6.45, 7) is 4.70. The summed E-state index contributed by atoms with van der Waals surface area (Å²) in [5.74, 6) is 2.65. The second kappa shape index (κ2) is 7.48. The topological polar surface area (TPSA) is 41.4 Å². The zero-order valence-corrected chi connectivity index (χ0v) is 15.6. The van der Waals surface area contributed by atoms with Crippen LogP contribution in [0.15, 0.2) is 12.4 Å². The normalized spacial score (nSPS) is 28.8. The molecule has 0 radical (unpaired) electrons. The van der Waals surface area contributed by atoms with Crippen molar-refractivity contribution in [3.8, 4) is 0 Å². The lowest BCUT2D eigenvalue weighted by atomic mass is 9.75. The van der Waals surface area contributed by atoms with Crippen LogP contribution < -0.4 is 0 Å². The SMILES string of the molecule is Cn1cc(C2CCN(CC(=O)N3CCC4CCCCC4C3)CC2)cn1. The van der Waals surface area contributed by atoms with Crippen molar-refractivity contribution >= 4 is 5.91 Å². The highest BCUT2D eigenvalue weighted by molar-refractivity contribution is 5.78. The van der Waals surface area contributed by atoms with Gasteiger partial charge in [0.2, 0.25) is 5.91 Å². The molecule has 138 valence electrons. The van der Waals surface area contributed by atoms with Gasteiger partial charge in [-0.2, -0.15) is 5.10 Å². The number of nitrogens with zero attached hydrogens (tertiary/aromatic N) is 4. The Morgan fingerprint density at radius 1 is 1.08 bits per heavy atom. The average Bonchev–Trinajstić information content (AvgIpc) is 3.08. The molecule has 0 bridgehead atoms. The van der Waals surface area contributed by atoms with E-state index in [2.05, 4.69) is 21.1 Å². The van der Waals surface area contributed by atoms with Crippen molar-refractivity contribution in [1.29, 1.82) is 0 Å². The number of likely N-dealkylation sites (tertiary alicyclic amines) is 2. The van der Waals surface area contributed by atoms with Gasteiger partial charge in [-0.05, 0) is 62.1 Å².